The first-order valence-electron chi connectivity index (χ1n) is 5.68. The molecule has 7 heteroatoms. The van der Waals surface area contributed by atoms with Crippen molar-refractivity contribution in [2.24, 2.45) is 0 Å². The van der Waals surface area contributed by atoms with Crippen molar-refractivity contribution in [1.82, 2.24) is 4.72 Å². The molecule has 0 saturated heterocycles. The number of hydrogen-bond acceptors (Lipinski definition) is 5. The minimum Gasteiger partial charge on any atom is -0.496 e. The highest BCUT2D eigenvalue weighted by molar-refractivity contribution is 7.90. The van der Waals surface area contributed by atoms with E-state index in [1.54, 1.807) is 6.92 Å². The predicted octanol–water partition coefficient (Wildman–Crippen LogP) is 1.72. The van der Waals surface area contributed by atoms with E-state index in [1.165, 1.54) is 43.9 Å². The van der Waals surface area contributed by atoms with Crippen molar-refractivity contribution in [2.75, 3.05) is 7.11 Å². The van der Waals surface area contributed by atoms with Gasteiger partial charge in [-0.05, 0) is 36.8 Å². The van der Waals surface area contributed by atoms with E-state index in [0.29, 0.717) is 11.3 Å². The van der Waals surface area contributed by atoms with Gasteiger partial charge >= 0.3 is 0 Å². The van der Waals surface area contributed by atoms with Crippen molar-refractivity contribution in [1.29, 1.82) is 0 Å². The highest BCUT2D eigenvalue weighted by Crippen LogP contribution is 2.21. The molecule has 1 N–H and O–H groups in total. The van der Waals surface area contributed by atoms with Gasteiger partial charge < -0.3 is 9.15 Å². The van der Waals surface area contributed by atoms with Crippen LogP contribution in [0.3, 0.4) is 0 Å². The molecule has 0 spiro atoms. The molecule has 1 aromatic heterocycles. The fraction of sp³-hybridized carbons (Fsp3) is 0.154. The Labute approximate surface area is 116 Å². The Balaban J connectivity index is 2.27. The van der Waals surface area contributed by atoms with Crippen molar-refractivity contribution < 1.29 is 22.4 Å². The van der Waals surface area contributed by atoms with Crippen molar-refractivity contribution in [3.05, 3.63) is 47.9 Å². The minimum atomic E-state index is -3.93. The fourth-order valence-corrected chi connectivity index (χ4v) is 2.71. The number of carbonyl (C=O) groups excluding carboxylic acids is 1. The van der Waals surface area contributed by atoms with Crippen LogP contribution in [0.4, 0.5) is 0 Å². The summed E-state index contributed by atoms with van der Waals surface area (Å²) in [6.45, 7) is 1.72. The quantitative estimate of drug-likeness (QED) is 0.928. The van der Waals surface area contributed by atoms with E-state index in [0.717, 1.165) is 0 Å². The van der Waals surface area contributed by atoms with Crippen LogP contribution in [0.2, 0.25) is 0 Å². The number of ether oxygens (including phenoxy) is 1. The van der Waals surface area contributed by atoms with Gasteiger partial charge in [-0.1, -0.05) is 0 Å². The Bertz CT molecular complexity index is 719. The van der Waals surface area contributed by atoms with Gasteiger partial charge in [0.1, 0.15) is 12.0 Å². The van der Waals surface area contributed by atoms with Crippen LogP contribution in [0.15, 0.2) is 46.1 Å². The van der Waals surface area contributed by atoms with Crippen LogP contribution in [-0.4, -0.2) is 21.4 Å². The third-order valence-electron chi connectivity index (χ3n) is 2.69. The summed E-state index contributed by atoms with van der Waals surface area (Å²) in [6, 6.07) is 5.72. The standard InChI is InChI=1S/C13H13NO5S/c1-9-7-11(3-4-12(9)18-2)20(16,17)14-13(15)10-5-6-19-8-10/h3-8H,1-2H3,(H,14,15). The van der Waals surface area contributed by atoms with Crippen molar-refractivity contribution >= 4 is 15.9 Å². The maximum atomic E-state index is 12.1. The molecule has 0 radical (unpaired) electrons. The lowest BCUT2D eigenvalue weighted by atomic mass is 10.2. The zero-order valence-electron chi connectivity index (χ0n) is 10.9. The van der Waals surface area contributed by atoms with Crippen LogP contribution in [0.25, 0.3) is 0 Å². The molecule has 0 saturated carbocycles. The number of hydrogen-bond donors (Lipinski definition) is 1. The lowest BCUT2D eigenvalue weighted by molar-refractivity contribution is 0.0981. The molecular weight excluding hydrogens is 282 g/mol. The molecule has 0 atom stereocenters. The Hall–Kier alpha value is -2.28. The average Bonchev–Trinajstić information content (AvgIpc) is 2.92. The van der Waals surface area contributed by atoms with Gasteiger partial charge in [-0.25, -0.2) is 13.1 Å². The van der Waals surface area contributed by atoms with Crippen molar-refractivity contribution in [3.63, 3.8) is 0 Å². The van der Waals surface area contributed by atoms with Gasteiger partial charge in [0.05, 0.1) is 23.8 Å². The first-order valence-corrected chi connectivity index (χ1v) is 7.16. The van der Waals surface area contributed by atoms with Gasteiger partial charge in [-0.3, -0.25) is 4.79 Å². The summed E-state index contributed by atoms with van der Waals surface area (Å²) in [4.78, 5) is 11.7. The van der Waals surface area contributed by atoms with E-state index in [9.17, 15) is 13.2 Å². The number of amides is 1. The molecule has 1 aromatic carbocycles. The van der Waals surface area contributed by atoms with Gasteiger partial charge in [-0.15, -0.1) is 0 Å². The maximum absolute atomic E-state index is 12.1. The lowest BCUT2D eigenvalue weighted by Gasteiger charge is -2.09. The highest BCUT2D eigenvalue weighted by Gasteiger charge is 2.20. The third kappa shape index (κ3) is 2.83. The largest absolute Gasteiger partial charge is 0.496 e. The van der Waals surface area contributed by atoms with E-state index in [2.05, 4.69) is 0 Å². The SMILES string of the molecule is COc1ccc(S(=O)(=O)NC(=O)c2ccoc2)cc1C. The van der Waals surface area contributed by atoms with Crippen LogP contribution >= 0.6 is 0 Å². The van der Waals surface area contributed by atoms with E-state index >= 15 is 0 Å². The van der Waals surface area contributed by atoms with Crippen molar-refractivity contribution in [3.8, 4) is 5.75 Å². The number of nitrogens with one attached hydrogen (secondary N) is 1. The molecule has 0 aliphatic heterocycles. The second kappa shape index (κ2) is 5.38. The van der Waals surface area contributed by atoms with Crippen LogP contribution in [0.5, 0.6) is 5.75 Å². The van der Waals surface area contributed by atoms with Gasteiger partial charge in [0.15, 0.2) is 0 Å². The predicted molar refractivity (Wildman–Crippen MR) is 71.1 cm³/mol. The van der Waals surface area contributed by atoms with E-state index in [-0.39, 0.29) is 10.5 Å². The smallest absolute Gasteiger partial charge is 0.268 e. The number of benzene rings is 1. The normalized spacial score (nSPS) is 11.1. The number of rotatable bonds is 4. The zero-order valence-corrected chi connectivity index (χ0v) is 11.7. The molecule has 1 amide bonds. The lowest BCUT2D eigenvalue weighted by Crippen LogP contribution is -2.30. The summed E-state index contributed by atoms with van der Waals surface area (Å²) >= 11 is 0. The third-order valence-corrected chi connectivity index (χ3v) is 4.02. The molecule has 20 heavy (non-hydrogen) atoms. The van der Waals surface area contributed by atoms with Crippen LogP contribution in [0.1, 0.15) is 15.9 Å². The monoisotopic (exact) mass is 295 g/mol. The molecule has 0 unspecified atom stereocenters. The Morgan fingerprint density at radius 1 is 1.30 bits per heavy atom. The van der Waals surface area contributed by atoms with E-state index in [4.69, 9.17) is 9.15 Å². The Morgan fingerprint density at radius 2 is 2.05 bits per heavy atom. The maximum Gasteiger partial charge on any atom is 0.268 e. The topological polar surface area (TPSA) is 85.6 Å². The van der Waals surface area contributed by atoms with Gasteiger partial charge in [-0.2, -0.15) is 0 Å². The van der Waals surface area contributed by atoms with E-state index < -0.39 is 15.9 Å². The first-order chi connectivity index (χ1) is 9.44. The molecule has 2 rings (SSSR count). The molecule has 2 aromatic rings. The second-order valence-electron chi connectivity index (χ2n) is 4.08. The molecule has 106 valence electrons. The summed E-state index contributed by atoms with van der Waals surface area (Å²) < 4.78 is 35.9. The number of aryl methyl sites for hydroxylation is 1. The molecular formula is C13H13NO5S. The Kier molecular flexibility index (Phi) is 3.80. The number of carbonyl (C=O) groups is 1. The summed E-state index contributed by atoms with van der Waals surface area (Å²) in [5.41, 5.74) is 0.796. The van der Waals surface area contributed by atoms with Crippen LogP contribution in [-0.2, 0) is 10.0 Å². The number of sulfonamides is 1. The summed E-state index contributed by atoms with van der Waals surface area (Å²) in [5, 5.41) is 0. The summed E-state index contributed by atoms with van der Waals surface area (Å²) in [6.07, 6.45) is 2.46. The second-order valence-corrected chi connectivity index (χ2v) is 5.76. The molecule has 1 heterocycles. The van der Waals surface area contributed by atoms with Crippen LogP contribution < -0.4 is 9.46 Å². The molecule has 0 aliphatic rings. The van der Waals surface area contributed by atoms with Crippen molar-refractivity contribution in [2.45, 2.75) is 11.8 Å². The minimum absolute atomic E-state index is 0.00681. The zero-order chi connectivity index (χ0) is 14.8. The molecule has 0 fully saturated rings. The summed E-state index contributed by atoms with van der Waals surface area (Å²) in [7, 11) is -2.43. The number of methoxy groups -OCH3 is 1. The van der Waals surface area contributed by atoms with Gasteiger partial charge in [0.2, 0.25) is 0 Å². The van der Waals surface area contributed by atoms with Gasteiger partial charge in [0.25, 0.3) is 15.9 Å². The fourth-order valence-electron chi connectivity index (χ4n) is 1.65. The van der Waals surface area contributed by atoms with Gasteiger partial charge in [0, 0.05) is 0 Å². The molecule has 0 bridgehead atoms. The van der Waals surface area contributed by atoms with E-state index in [1.807, 2.05) is 4.72 Å². The summed E-state index contributed by atoms with van der Waals surface area (Å²) in [5.74, 6) is -0.169. The average molecular weight is 295 g/mol. The number of furan rings is 1. The molecule has 6 nitrogen and oxygen atoms in total. The Morgan fingerprint density at radius 3 is 2.60 bits per heavy atom. The molecule has 0 aliphatic carbocycles. The van der Waals surface area contributed by atoms with Crippen LogP contribution in [0, 0.1) is 6.92 Å². The first kappa shape index (κ1) is 14.1. The highest BCUT2D eigenvalue weighted by atomic mass is 32.2.